The third-order valence-corrected chi connectivity index (χ3v) is 1.30. The van der Waals surface area contributed by atoms with E-state index in [4.69, 9.17) is 13.0 Å². The van der Waals surface area contributed by atoms with Gasteiger partial charge in [-0.1, -0.05) is 0 Å². The molecule has 13 heavy (non-hydrogen) atoms. The van der Waals surface area contributed by atoms with Gasteiger partial charge in [0.2, 0.25) is 6.20 Å². The van der Waals surface area contributed by atoms with Crippen LogP contribution >= 0.6 is 0 Å². The Hall–Kier alpha value is -1.58. The number of rotatable bonds is 1. The van der Waals surface area contributed by atoms with Crippen molar-refractivity contribution >= 4 is 6.09 Å². The van der Waals surface area contributed by atoms with Gasteiger partial charge in [0.15, 0.2) is 11.9 Å². The molecule has 0 bridgehead atoms. The maximum absolute atomic E-state index is 11.7. The molecule has 0 aliphatic carbocycles. The van der Waals surface area contributed by atoms with Crippen molar-refractivity contribution in [2.24, 2.45) is 7.05 Å². The number of hydrogen-bond donors (Lipinski definition) is 0. The third-order valence-electron chi connectivity index (χ3n) is 1.30. The van der Waals surface area contributed by atoms with Crippen molar-refractivity contribution in [1.29, 1.82) is 0 Å². The summed E-state index contributed by atoms with van der Waals surface area (Å²) in [5.74, 6) is 0.0495. The zero-order valence-electron chi connectivity index (χ0n) is 13.0. The van der Waals surface area contributed by atoms with Gasteiger partial charge in [-0.3, -0.25) is 0 Å². The fourth-order valence-corrected chi connectivity index (χ4v) is 0.767. The van der Waals surface area contributed by atoms with Crippen LogP contribution in [0.5, 0.6) is 5.75 Å². The molecule has 4 heteroatoms. The highest BCUT2D eigenvalue weighted by Crippen LogP contribution is 2.05. The highest BCUT2D eigenvalue weighted by atomic mass is 16.6. The Kier molecular flexibility index (Phi) is 1.22. The lowest BCUT2D eigenvalue weighted by Gasteiger charge is -2.09. The van der Waals surface area contributed by atoms with Gasteiger partial charge in [0.25, 0.3) is 0 Å². The van der Waals surface area contributed by atoms with Gasteiger partial charge in [-0.05, 0) is 6.07 Å². The van der Waals surface area contributed by atoms with Crippen LogP contribution in [0.1, 0.15) is 8.22 Å². The molecule has 0 fully saturated rings. The molecule has 0 saturated carbocycles. The molecule has 0 aliphatic rings. The Balaban J connectivity index is 2.97. The number of pyridine rings is 1. The largest absolute Gasteiger partial charge is 0.414 e. The monoisotopic (exact) mass is 187 g/mol. The summed E-state index contributed by atoms with van der Waals surface area (Å²) in [5, 5.41) is 0. The number of aryl methyl sites for hydroxylation is 1. The number of hydrogen-bond acceptors (Lipinski definition) is 2. The maximum atomic E-state index is 11.7. The first-order valence-electron chi connectivity index (χ1n) is 6.49. The van der Waals surface area contributed by atoms with E-state index in [2.05, 4.69) is 0 Å². The molecule has 70 valence electrons. The van der Waals surface area contributed by atoms with Crippen molar-refractivity contribution in [3.63, 3.8) is 0 Å². The fraction of sp³-hybridized carbons (Fsp3) is 0.333. The zero-order valence-corrected chi connectivity index (χ0v) is 7.02. The summed E-state index contributed by atoms with van der Waals surface area (Å²) >= 11 is 0. The van der Waals surface area contributed by atoms with E-state index in [1.165, 1.54) is 12.3 Å². The highest BCUT2D eigenvalue weighted by Gasteiger charge is 2.08. The summed E-state index contributed by atoms with van der Waals surface area (Å²) in [4.78, 5) is 11.4. The van der Waals surface area contributed by atoms with E-state index in [-0.39, 0.29) is 10.6 Å². The Morgan fingerprint density at radius 1 is 1.69 bits per heavy atom. The molecule has 0 aliphatic heterocycles. The first-order chi connectivity index (χ1) is 8.51. The van der Waals surface area contributed by atoms with E-state index in [1.807, 2.05) is 0 Å². The van der Waals surface area contributed by atoms with Crippen molar-refractivity contribution in [3.8, 4) is 5.75 Å². The van der Waals surface area contributed by atoms with Gasteiger partial charge in [-0.25, -0.2) is 9.36 Å². The molecule has 0 aromatic carbocycles. The number of carbonyl (C=O) groups excluding carboxylic acids is 1. The lowest BCUT2D eigenvalue weighted by Crippen LogP contribution is -2.29. The molecule has 1 rings (SSSR count). The Morgan fingerprint density at radius 2 is 2.46 bits per heavy atom. The van der Waals surface area contributed by atoms with E-state index in [9.17, 15) is 4.79 Å². The van der Waals surface area contributed by atoms with Gasteiger partial charge < -0.3 is 9.64 Å². The summed E-state index contributed by atoms with van der Waals surface area (Å²) in [5.41, 5.74) is 0. The van der Waals surface area contributed by atoms with Crippen molar-refractivity contribution in [3.05, 3.63) is 24.5 Å². The van der Waals surface area contributed by atoms with E-state index in [0.717, 1.165) is 0 Å². The molecule has 0 N–H and O–H groups in total. The molecule has 0 spiro atoms. The zero-order chi connectivity index (χ0) is 14.8. The minimum Gasteiger partial charge on any atom is -0.404 e. The van der Waals surface area contributed by atoms with Crippen LogP contribution in [0.15, 0.2) is 24.5 Å². The summed E-state index contributed by atoms with van der Waals surface area (Å²) < 4.78 is 48.8. The highest BCUT2D eigenvalue weighted by molar-refractivity contribution is 5.69. The lowest BCUT2D eigenvalue weighted by molar-refractivity contribution is -0.671. The average molecular weight is 187 g/mol. The molecule has 0 unspecified atom stereocenters. The fourth-order valence-electron chi connectivity index (χ4n) is 0.767. The quantitative estimate of drug-likeness (QED) is 0.602. The third kappa shape index (κ3) is 2.74. The van der Waals surface area contributed by atoms with Gasteiger partial charge in [0, 0.05) is 28.2 Å². The topological polar surface area (TPSA) is 33.4 Å². The Bertz CT molecular complexity index is 457. The normalized spacial score (nSPS) is 18.2. The predicted molar refractivity (Wildman–Crippen MR) is 47.3 cm³/mol. The van der Waals surface area contributed by atoms with Crippen LogP contribution in [0.4, 0.5) is 4.79 Å². The second-order valence-corrected chi connectivity index (χ2v) is 2.41. The first-order valence-corrected chi connectivity index (χ1v) is 3.49. The summed E-state index contributed by atoms with van der Waals surface area (Å²) in [6, 6.07) is 2.98. The standard InChI is InChI=1S/C9H13N2O2/c1-10(2)9(12)13-8-5-4-6-11(3)7-8/h4-7H,1-3H3/q+1/i1D3,2D3. The molecule has 1 heterocycles. The van der Waals surface area contributed by atoms with Gasteiger partial charge in [0.1, 0.15) is 7.05 Å². The minimum absolute atomic E-state index is 0.0495. The van der Waals surface area contributed by atoms with Crippen molar-refractivity contribution < 1.29 is 22.3 Å². The van der Waals surface area contributed by atoms with E-state index >= 15 is 0 Å². The van der Waals surface area contributed by atoms with Crippen molar-refractivity contribution in [1.82, 2.24) is 4.90 Å². The van der Waals surface area contributed by atoms with E-state index < -0.39 is 20.0 Å². The SMILES string of the molecule is [2H]C([2H])([2H])N(C(=O)Oc1ccc[n+](C)c1)C([2H])([2H])[2H]. The number of nitrogens with zero attached hydrogens (tertiary/aromatic N) is 2. The van der Waals surface area contributed by atoms with Crippen LogP contribution in [0.25, 0.3) is 0 Å². The number of amides is 1. The van der Waals surface area contributed by atoms with Gasteiger partial charge in [-0.2, -0.15) is 0 Å². The van der Waals surface area contributed by atoms with Crippen LogP contribution in [-0.2, 0) is 7.05 Å². The molecule has 1 aromatic heterocycles. The first kappa shape index (κ1) is 4.09. The van der Waals surface area contributed by atoms with Crippen molar-refractivity contribution in [2.75, 3.05) is 14.0 Å². The van der Waals surface area contributed by atoms with Crippen molar-refractivity contribution in [2.45, 2.75) is 0 Å². The summed E-state index contributed by atoms with van der Waals surface area (Å²) in [7, 11) is 1.67. The minimum atomic E-state index is -3.11. The Labute approximate surface area is 85.8 Å². The van der Waals surface area contributed by atoms with Crippen LogP contribution in [0.3, 0.4) is 0 Å². The maximum Gasteiger partial charge on any atom is 0.414 e. The summed E-state index contributed by atoms with van der Waals surface area (Å²) in [6.45, 7) is -6.22. The molecular formula is C9H13N2O2+. The van der Waals surface area contributed by atoms with Crippen LogP contribution in [-0.4, -0.2) is 24.9 Å². The van der Waals surface area contributed by atoms with Crippen LogP contribution in [0, 0.1) is 0 Å². The molecule has 0 atom stereocenters. The van der Waals surface area contributed by atoms with Gasteiger partial charge in [0.05, 0.1) is 0 Å². The van der Waals surface area contributed by atoms with Crippen LogP contribution < -0.4 is 9.30 Å². The molecule has 1 aromatic rings. The Morgan fingerprint density at radius 3 is 3.08 bits per heavy atom. The molecule has 4 nitrogen and oxygen atoms in total. The average Bonchev–Trinajstić information content (AvgIpc) is 2.11. The lowest BCUT2D eigenvalue weighted by atomic mass is 10.4. The smallest absolute Gasteiger partial charge is 0.404 e. The van der Waals surface area contributed by atoms with E-state index in [0.29, 0.717) is 0 Å². The predicted octanol–water partition coefficient (Wildman–Crippen LogP) is 0.572. The second-order valence-electron chi connectivity index (χ2n) is 2.41. The number of ether oxygens (including phenoxy) is 1. The number of aromatic nitrogens is 1. The molecule has 0 saturated heterocycles. The molecular weight excluding hydrogens is 168 g/mol. The van der Waals surface area contributed by atoms with Crippen LogP contribution in [0.2, 0.25) is 0 Å². The van der Waals surface area contributed by atoms with E-state index in [1.54, 1.807) is 23.9 Å². The molecule has 1 amide bonds. The molecule has 0 radical (unpaired) electrons. The van der Waals surface area contributed by atoms with Gasteiger partial charge >= 0.3 is 6.09 Å². The summed E-state index contributed by atoms with van der Waals surface area (Å²) in [6.07, 6.45) is 1.63. The number of carbonyl (C=O) groups is 1. The second kappa shape index (κ2) is 3.89. The van der Waals surface area contributed by atoms with Gasteiger partial charge in [-0.15, -0.1) is 0 Å².